The zero-order valence-corrected chi connectivity index (χ0v) is 21.7. The van der Waals surface area contributed by atoms with Gasteiger partial charge >= 0.3 is 0 Å². The first-order valence-electron chi connectivity index (χ1n) is 12.3. The number of oxazole rings is 1. The summed E-state index contributed by atoms with van der Waals surface area (Å²) in [6.07, 6.45) is 3.08. The molecule has 0 atom stereocenters. The van der Waals surface area contributed by atoms with E-state index in [1.807, 2.05) is 30.3 Å². The lowest BCUT2D eigenvalue weighted by Crippen LogP contribution is -2.20. The zero-order valence-electron chi connectivity index (χ0n) is 21.7. The van der Waals surface area contributed by atoms with Crippen molar-refractivity contribution in [3.05, 3.63) is 65.0 Å². The van der Waals surface area contributed by atoms with Gasteiger partial charge in [0.25, 0.3) is 0 Å². The number of benzene rings is 2. The number of nitrogens with one attached hydrogen (secondary N) is 1. The van der Waals surface area contributed by atoms with Crippen LogP contribution in [0.15, 0.2) is 52.1 Å². The summed E-state index contributed by atoms with van der Waals surface area (Å²) < 4.78 is 12.0. The third kappa shape index (κ3) is 5.87. The van der Waals surface area contributed by atoms with Crippen molar-refractivity contribution in [2.75, 3.05) is 19.7 Å². The van der Waals surface area contributed by atoms with Crippen LogP contribution < -0.4 is 10.1 Å². The van der Waals surface area contributed by atoms with E-state index in [0.29, 0.717) is 24.7 Å². The topological polar surface area (TPSA) is 79.9 Å². The van der Waals surface area contributed by atoms with Gasteiger partial charge in [-0.15, -0.1) is 0 Å². The highest BCUT2D eigenvalue weighted by Crippen LogP contribution is 2.41. The summed E-state index contributed by atoms with van der Waals surface area (Å²) in [6, 6.07) is 12.1. The van der Waals surface area contributed by atoms with Crippen molar-refractivity contribution in [3.8, 4) is 23.0 Å². The molecule has 2 N–H and O–H groups in total. The van der Waals surface area contributed by atoms with Gasteiger partial charge < -0.3 is 19.6 Å². The second-order valence-corrected chi connectivity index (χ2v) is 11.2. The average Bonchev–Trinajstić information content (AvgIpc) is 3.46. The molecule has 1 aliphatic rings. The molecule has 3 aromatic rings. The van der Waals surface area contributed by atoms with E-state index in [-0.39, 0.29) is 10.8 Å². The molecule has 186 valence electrons. The molecule has 0 bridgehead atoms. The van der Waals surface area contributed by atoms with E-state index < -0.39 is 0 Å². The van der Waals surface area contributed by atoms with E-state index >= 15 is 0 Å². The molecule has 0 unspecified atom stereocenters. The van der Waals surface area contributed by atoms with Gasteiger partial charge in [-0.2, -0.15) is 0 Å². The van der Waals surface area contributed by atoms with E-state index in [9.17, 15) is 5.11 Å². The largest absolute Gasteiger partial charge is 0.507 e. The standard InChI is InChI=1S/C29H37N3O3/c1-28(2,3)22-15-20(16-23(26(22)33)29(4,5)6)27-32-21(18-35-27)11-14-34-24-10-8-7-9-19(24)17-25-30-12-13-31-25/h7-10,15-16,18,33H,11-14,17H2,1-6H3,(H,30,31). The maximum absolute atomic E-state index is 11.0. The Balaban J connectivity index is 1.49. The molecule has 6 nitrogen and oxygen atoms in total. The summed E-state index contributed by atoms with van der Waals surface area (Å²) in [5.41, 5.74) is 4.19. The van der Waals surface area contributed by atoms with Crippen molar-refractivity contribution in [2.45, 2.75) is 65.2 Å². The molecule has 0 aliphatic carbocycles. The lowest BCUT2D eigenvalue weighted by molar-refractivity contribution is 0.318. The van der Waals surface area contributed by atoms with Crippen LogP contribution in [0.5, 0.6) is 11.5 Å². The third-order valence-corrected chi connectivity index (χ3v) is 6.21. The second-order valence-electron chi connectivity index (χ2n) is 11.2. The molecular weight excluding hydrogens is 438 g/mol. The van der Waals surface area contributed by atoms with Crippen LogP contribution in [-0.2, 0) is 23.7 Å². The van der Waals surface area contributed by atoms with Crippen molar-refractivity contribution in [1.82, 2.24) is 10.3 Å². The van der Waals surface area contributed by atoms with Gasteiger partial charge in [0.05, 0.1) is 18.8 Å². The van der Waals surface area contributed by atoms with Gasteiger partial charge in [-0.1, -0.05) is 59.7 Å². The van der Waals surface area contributed by atoms with Crippen molar-refractivity contribution in [1.29, 1.82) is 0 Å². The molecule has 0 saturated heterocycles. The molecule has 35 heavy (non-hydrogen) atoms. The quantitative estimate of drug-likeness (QED) is 0.451. The number of aromatic nitrogens is 1. The van der Waals surface area contributed by atoms with Gasteiger partial charge in [0, 0.05) is 41.6 Å². The fraction of sp³-hybridized carbons (Fsp3) is 0.448. The Kier molecular flexibility index (Phi) is 6.93. The number of phenols is 1. The Morgan fingerprint density at radius 2 is 1.71 bits per heavy atom. The highest BCUT2D eigenvalue weighted by molar-refractivity contribution is 5.86. The van der Waals surface area contributed by atoms with Gasteiger partial charge in [-0.3, -0.25) is 4.99 Å². The minimum Gasteiger partial charge on any atom is -0.507 e. The Morgan fingerprint density at radius 3 is 2.34 bits per heavy atom. The second kappa shape index (κ2) is 9.76. The fourth-order valence-corrected chi connectivity index (χ4v) is 4.26. The van der Waals surface area contributed by atoms with Gasteiger partial charge in [-0.05, 0) is 29.0 Å². The molecule has 2 heterocycles. The van der Waals surface area contributed by atoms with Crippen molar-refractivity contribution in [2.24, 2.45) is 4.99 Å². The number of para-hydroxylation sites is 1. The maximum Gasteiger partial charge on any atom is 0.226 e. The zero-order chi connectivity index (χ0) is 25.2. The van der Waals surface area contributed by atoms with E-state index in [4.69, 9.17) is 14.1 Å². The number of hydrogen-bond acceptors (Lipinski definition) is 6. The predicted molar refractivity (Wildman–Crippen MR) is 141 cm³/mol. The fourth-order valence-electron chi connectivity index (χ4n) is 4.26. The maximum atomic E-state index is 11.0. The number of ether oxygens (including phenoxy) is 1. The minimum atomic E-state index is -0.212. The number of amidine groups is 1. The predicted octanol–water partition coefficient (Wildman–Crippen LogP) is 5.81. The number of hydrogen-bond donors (Lipinski definition) is 2. The molecule has 1 aliphatic heterocycles. The third-order valence-electron chi connectivity index (χ3n) is 6.21. The van der Waals surface area contributed by atoms with Crippen LogP contribution in [0.4, 0.5) is 0 Å². The molecule has 4 rings (SSSR count). The lowest BCUT2D eigenvalue weighted by atomic mass is 9.78. The van der Waals surface area contributed by atoms with Crippen molar-refractivity contribution in [3.63, 3.8) is 0 Å². The molecular formula is C29H37N3O3. The Morgan fingerprint density at radius 1 is 1.03 bits per heavy atom. The van der Waals surface area contributed by atoms with Gasteiger partial charge in [-0.25, -0.2) is 4.98 Å². The monoisotopic (exact) mass is 475 g/mol. The summed E-state index contributed by atoms with van der Waals surface area (Å²) in [4.78, 5) is 9.23. The summed E-state index contributed by atoms with van der Waals surface area (Å²) in [6.45, 7) is 14.8. The van der Waals surface area contributed by atoms with Crippen LogP contribution in [-0.4, -0.2) is 35.6 Å². The molecule has 0 spiro atoms. The lowest BCUT2D eigenvalue weighted by Gasteiger charge is -2.27. The first-order chi connectivity index (χ1) is 16.5. The van der Waals surface area contributed by atoms with Gasteiger partial charge in [0.2, 0.25) is 5.89 Å². The van der Waals surface area contributed by atoms with E-state index in [1.165, 1.54) is 0 Å². The first kappa shape index (κ1) is 24.8. The normalized spacial score (nSPS) is 14.1. The van der Waals surface area contributed by atoms with E-state index in [1.54, 1.807) is 6.26 Å². The first-order valence-corrected chi connectivity index (χ1v) is 12.3. The van der Waals surface area contributed by atoms with Gasteiger partial charge in [0.15, 0.2) is 0 Å². The smallest absolute Gasteiger partial charge is 0.226 e. The van der Waals surface area contributed by atoms with Crippen LogP contribution in [0.3, 0.4) is 0 Å². The Labute approximate surface area is 208 Å². The molecule has 1 aromatic heterocycles. The minimum absolute atomic E-state index is 0.212. The molecule has 0 saturated carbocycles. The van der Waals surface area contributed by atoms with E-state index in [0.717, 1.165) is 59.0 Å². The number of phenolic OH excluding ortho intramolecular Hbond substituents is 1. The molecule has 2 aromatic carbocycles. The SMILES string of the molecule is CC(C)(C)c1cc(-c2nc(CCOc3ccccc3CC3=NCCN3)co2)cc(C(C)(C)C)c1O. The van der Waals surface area contributed by atoms with Crippen LogP contribution in [0.25, 0.3) is 11.5 Å². The number of rotatable bonds is 7. The van der Waals surface area contributed by atoms with Crippen LogP contribution in [0.1, 0.15) is 63.9 Å². The molecule has 0 amide bonds. The van der Waals surface area contributed by atoms with Crippen LogP contribution in [0, 0.1) is 0 Å². The Hall–Kier alpha value is -3.28. The molecule has 6 heteroatoms. The average molecular weight is 476 g/mol. The summed E-state index contributed by atoms with van der Waals surface area (Å²) in [5.74, 6) is 2.80. The Bertz CT molecular complexity index is 1180. The summed E-state index contributed by atoms with van der Waals surface area (Å²) >= 11 is 0. The number of nitrogens with zero attached hydrogens (tertiary/aromatic N) is 2. The van der Waals surface area contributed by atoms with Crippen LogP contribution >= 0.6 is 0 Å². The highest BCUT2D eigenvalue weighted by atomic mass is 16.5. The highest BCUT2D eigenvalue weighted by Gasteiger charge is 2.27. The van der Waals surface area contributed by atoms with E-state index in [2.05, 4.69) is 57.9 Å². The van der Waals surface area contributed by atoms with Crippen molar-refractivity contribution >= 4 is 5.84 Å². The van der Waals surface area contributed by atoms with Crippen LogP contribution in [0.2, 0.25) is 0 Å². The molecule has 0 radical (unpaired) electrons. The summed E-state index contributed by atoms with van der Waals surface area (Å²) in [7, 11) is 0. The van der Waals surface area contributed by atoms with Gasteiger partial charge in [0.1, 0.15) is 23.6 Å². The summed E-state index contributed by atoms with van der Waals surface area (Å²) in [5, 5.41) is 14.3. The number of aromatic hydroxyl groups is 1. The van der Waals surface area contributed by atoms with Crippen molar-refractivity contribution < 1.29 is 14.3 Å². The molecule has 0 fully saturated rings. The number of aliphatic imine (C=N–C) groups is 1.